The Morgan fingerprint density at radius 1 is 1.52 bits per heavy atom. The molecular formula is C15H20N2O3S. The number of amides is 2. The van der Waals surface area contributed by atoms with Gasteiger partial charge in [-0.05, 0) is 37.6 Å². The zero-order valence-corrected chi connectivity index (χ0v) is 12.9. The van der Waals surface area contributed by atoms with E-state index in [1.54, 1.807) is 23.2 Å². The Morgan fingerprint density at radius 3 is 2.81 bits per heavy atom. The van der Waals surface area contributed by atoms with Crippen molar-refractivity contribution >= 4 is 23.3 Å². The SMILES string of the molecule is CC1(C(=O)O)CCN(C(=O)N(Cc2cccs2)C2CC2)C1. The summed E-state index contributed by atoms with van der Waals surface area (Å²) in [4.78, 5) is 28.8. The van der Waals surface area contributed by atoms with E-state index < -0.39 is 11.4 Å². The molecule has 2 aliphatic rings. The van der Waals surface area contributed by atoms with Crippen LogP contribution >= 0.6 is 11.3 Å². The minimum atomic E-state index is -0.811. The molecule has 1 aromatic rings. The van der Waals surface area contributed by atoms with E-state index in [9.17, 15) is 14.7 Å². The molecule has 1 aromatic heterocycles. The van der Waals surface area contributed by atoms with Crippen molar-refractivity contribution in [3.8, 4) is 0 Å². The number of carbonyl (C=O) groups is 2. The average Bonchev–Trinajstić information content (AvgIpc) is 2.99. The third-order valence-electron chi connectivity index (χ3n) is 4.40. The van der Waals surface area contributed by atoms with E-state index >= 15 is 0 Å². The Balaban J connectivity index is 1.69. The van der Waals surface area contributed by atoms with Crippen molar-refractivity contribution in [3.05, 3.63) is 22.4 Å². The number of aliphatic carboxylic acids is 1. The van der Waals surface area contributed by atoms with Gasteiger partial charge in [-0.15, -0.1) is 11.3 Å². The van der Waals surface area contributed by atoms with Crippen LogP contribution < -0.4 is 0 Å². The second-order valence-electron chi connectivity index (χ2n) is 6.26. The van der Waals surface area contributed by atoms with E-state index in [1.807, 2.05) is 22.4 Å². The molecular weight excluding hydrogens is 288 g/mol. The quantitative estimate of drug-likeness (QED) is 0.930. The number of nitrogens with zero attached hydrogens (tertiary/aromatic N) is 2. The first-order valence-electron chi connectivity index (χ1n) is 7.31. The van der Waals surface area contributed by atoms with Gasteiger partial charge in [-0.1, -0.05) is 6.07 Å². The summed E-state index contributed by atoms with van der Waals surface area (Å²) in [5.74, 6) is -0.811. The van der Waals surface area contributed by atoms with E-state index in [1.165, 1.54) is 4.88 Å². The second kappa shape index (κ2) is 5.33. The summed E-state index contributed by atoms with van der Waals surface area (Å²) in [6.07, 6.45) is 2.65. The molecule has 6 heteroatoms. The molecule has 1 aliphatic carbocycles. The molecule has 1 N–H and O–H groups in total. The summed E-state index contributed by atoms with van der Waals surface area (Å²) in [6.45, 7) is 3.22. The van der Waals surface area contributed by atoms with Crippen LogP contribution in [0.5, 0.6) is 0 Å². The van der Waals surface area contributed by atoms with Crippen molar-refractivity contribution in [2.75, 3.05) is 13.1 Å². The first-order chi connectivity index (χ1) is 9.99. The summed E-state index contributed by atoms with van der Waals surface area (Å²) in [5.41, 5.74) is -0.798. The van der Waals surface area contributed by atoms with Crippen molar-refractivity contribution in [1.29, 1.82) is 0 Å². The summed E-state index contributed by atoms with van der Waals surface area (Å²) >= 11 is 1.65. The lowest BCUT2D eigenvalue weighted by Gasteiger charge is -2.28. The molecule has 1 unspecified atom stereocenters. The summed E-state index contributed by atoms with van der Waals surface area (Å²) in [5, 5.41) is 11.3. The van der Waals surface area contributed by atoms with Gasteiger partial charge in [0.25, 0.3) is 0 Å². The van der Waals surface area contributed by atoms with Gasteiger partial charge in [-0.3, -0.25) is 4.79 Å². The third-order valence-corrected chi connectivity index (χ3v) is 5.26. The van der Waals surface area contributed by atoms with Gasteiger partial charge in [0.15, 0.2) is 0 Å². The normalized spacial score (nSPS) is 25.1. The van der Waals surface area contributed by atoms with Crippen molar-refractivity contribution in [1.82, 2.24) is 9.80 Å². The Morgan fingerprint density at radius 2 is 2.29 bits per heavy atom. The molecule has 3 rings (SSSR count). The van der Waals surface area contributed by atoms with Crippen molar-refractivity contribution in [2.45, 2.75) is 38.8 Å². The predicted molar refractivity (Wildman–Crippen MR) is 80.2 cm³/mol. The Hall–Kier alpha value is -1.56. The number of thiophene rings is 1. The molecule has 21 heavy (non-hydrogen) atoms. The molecule has 0 aromatic carbocycles. The summed E-state index contributed by atoms with van der Waals surface area (Å²) in [7, 11) is 0. The maximum absolute atomic E-state index is 12.7. The molecule has 0 radical (unpaired) electrons. The molecule has 1 aliphatic heterocycles. The van der Waals surface area contributed by atoms with Gasteiger partial charge in [-0.2, -0.15) is 0 Å². The van der Waals surface area contributed by atoms with Crippen molar-refractivity contribution in [2.24, 2.45) is 5.41 Å². The summed E-state index contributed by atoms with van der Waals surface area (Å²) in [6, 6.07) is 4.36. The van der Waals surface area contributed by atoms with Crippen LogP contribution in [0.4, 0.5) is 4.79 Å². The molecule has 5 nitrogen and oxygen atoms in total. The molecule has 2 fully saturated rings. The molecule has 1 saturated heterocycles. The lowest BCUT2D eigenvalue weighted by atomic mass is 9.90. The van der Waals surface area contributed by atoms with E-state index in [-0.39, 0.29) is 6.03 Å². The van der Waals surface area contributed by atoms with Crippen LogP contribution in [0.15, 0.2) is 17.5 Å². The van der Waals surface area contributed by atoms with Crippen molar-refractivity contribution in [3.63, 3.8) is 0 Å². The Labute approximate surface area is 128 Å². The number of hydrogen-bond donors (Lipinski definition) is 1. The van der Waals surface area contributed by atoms with Crippen molar-refractivity contribution < 1.29 is 14.7 Å². The van der Waals surface area contributed by atoms with Crippen LogP contribution in [-0.2, 0) is 11.3 Å². The zero-order valence-electron chi connectivity index (χ0n) is 12.1. The zero-order chi connectivity index (χ0) is 15.0. The number of carboxylic acids is 1. The molecule has 1 atom stereocenters. The smallest absolute Gasteiger partial charge is 0.320 e. The fraction of sp³-hybridized carbons (Fsp3) is 0.600. The van der Waals surface area contributed by atoms with Gasteiger partial charge >= 0.3 is 12.0 Å². The van der Waals surface area contributed by atoms with Crippen LogP contribution in [0.25, 0.3) is 0 Å². The van der Waals surface area contributed by atoms with Crippen LogP contribution in [-0.4, -0.2) is 46.0 Å². The van der Waals surface area contributed by atoms with Crippen LogP contribution in [0.1, 0.15) is 31.1 Å². The minimum absolute atomic E-state index is 0.00382. The fourth-order valence-electron chi connectivity index (χ4n) is 2.79. The topological polar surface area (TPSA) is 60.9 Å². The Bertz CT molecular complexity index is 541. The number of urea groups is 1. The number of carbonyl (C=O) groups excluding carboxylic acids is 1. The first-order valence-corrected chi connectivity index (χ1v) is 8.19. The van der Waals surface area contributed by atoms with Gasteiger partial charge in [0.05, 0.1) is 12.0 Å². The number of likely N-dealkylation sites (tertiary alicyclic amines) is 1. The first kappa shape index (κ1) is 14.4. The molecule has 0 bridgehead atoms. The maximum atomic E-state index is 12.7. The highest BCUT2D eigenvalue weighted by Crippen LogP contribution is 2.34. The molecule has 0 spiro atoms. The van der Waals surface area contributed by atoms with Gasteiger partial charge in [-0.25, -0.2) is 4.79 Å². The van der Waals surface area contributed by atoms with Gasteiger partial charge in [0.2, 0.25) is 0 Å². The monoisotopic (exact) mass is 308 g/mol. The van der Waals surface area contributed by atoms with E-state index in [2.05, 4.69) is 0 Å². The number of rotatable bonds is 4. The highest BCUT2D eigenvalue weighted by Gasteiger charge is 2.44. The second-order valence-corrected chi connectivity index (χ2v) is 7.29. The number of hydrogen-bond acceptors (Lipinski definition) is 3. The van der Waals surface area contributed by atoms with Crippen LogP contribution in [0, 0.1) is 5.41 Å². The fourth-order valence-corrected chi connectivity index (χ4v) is 3.49. The average molecular weight is 308 g/mol. The van der Waals surface area contributed by atoms with E-state index in [4.69, 9.17) is 0 Å². The summed E-state index contributed by atoms with van der Waals surface area (Å²) < 4.78 is 0. The third kappa shape index (κ3) is 2.90. The highest BCUT2D eigenvalue weighted by atomic mass is 32.1. The number of carboxylic acid groups (broad SMARTS) is 1. The van der Waals surface area contributed by atoms with Crippen LogP contribution in [0.3, 0.4) is 0 Å². The van der Waals surface area contributed by atoms with E-state index in [0.29, 0.717) is 32.1 Å². The minimum Gasteiger partial charge on any atom is -0.481 e. The molecule has 1 saturated carbocycles. The predicted octanol–water partition coefficient (Wildman–Crippen LogP) is 2.63. The standard InChI is InChI=1S/C15H20N2O3S/c1-15(13(18)19)6-7-16(10-15)14(20)17(11-4-5-11)9-12-3-2-8-21-12/h2-3,8,11H,4-7,9-10H2,1H3,(H,18,19). The van der Waals surface area contributed by atoms with Gasteiger partial charge in [0, 0.05) is 24.0 Å². The van der Waals surface area contributed by atoms with E-state index in [0.717, 1.165) is 12.8 Å². The lowest BCUT2D eigenvalue weighted by molar-refractivity contribution is -0.147. The largest absolute Gasteiger partial charge is 0.481 e. The Kier molecular flexibility index (Phi) is 3.65. The van der Waals surface area contributed by atoms with Gasteiger partial charge < -0.3 is 14.9 Å². The van der Waals surface area contributed by atoms with Gasteiger partial charge in [0.1, 0.15) is 0 Å². The lowest BCUT2D eigenvalue weighted by Crippen LogP contribution is -2.44. The highest BCUT2D eigenvalue weighted by molar-refractivity contribution is 7.09. The molecule has 114 valence electrons. The molecule has 2 heterocycles. The maximum Gasteiger partial charge on any atom is 0.320 e. The molecule has 2 amide bonds. The van der Waals surface area contributed by atoms with Crippen LogP contribution in [0.2, 0.25) is 0 Å².